The molecule has 71 heavy (non-hydrogen) atoms. The Labute approximate surface area is 421 Å². The fourth-order valence-corrected chi connectivity index (χ4v) is 12.7. The van der Waals surface area contributed by atoms with Crippen LogP contribution in [0.15, 0.2) is 67.3 Å². The summed E-state index contributed by atoms with van der Waals surface area (Å²) in [4.78, 5) is 33.0. The van der Waals surface area contributed by atoms with E-state index in [2.05, 4.69) is 94.7 Å². The highest BCUT2D eigenvalue weighted by molar-refractivity contribution is 7.99. The van der Waals surface area contributed by atoms with E-state index in [4.69, 9.17) is 37.9 Å². The van der Waals surface area contributed by atoms with Crippen molar-refractivity contribution in [2.24, 2.45) is 0 Å². The van der Waals surface area contributed by atoms with Gasteiger partial charge in [0.15, 0.2) is 29.8 Å². The number of carbonyl (C=O) groups is 2. The van der Waals surface area contributed by atoms with E-state index in [-0.39, 0.29) is 62.4 Å². The fraction of sp³-hybridized carbons (Fsp3) is 0.473. The number of likely N-dealkylation sites (N-methyl/N-ethyl adjacent to an activating group) is 1. The minimum atomic E-state index is -0.970. The van der Waals surface area contributed by atoms with E-state index in [0.717, 1.165) is 33.4 Å². The number of aryl methyl sites for hydroxylation is 1. The maximum atomic E-state index is 14.9. The number of nitrogens with zero attached hydrogens (tertiary/aromatic N) is 3. The molecule has 0 radical (unpaired) electrons. The summed E-state index contributed by atoms with van der Waals surface area (Å²) in [5.74, 6) is 3.65. The van der Waals surface area contributed by atoms with Crippen LogP contribution < -0.4 is 34.3 Å². The average molecular weight is 988 g/mol. The Balaban J connectivity index is 1.09. The van der Waals surface area contributed by atoms with Gasteiger partial charge >= 0.3 is 6.09 Å². The number of hydrogen-bond donors (Lipinski definition) is 2. The summed E-state index contributed by atoms with van der Waals surface area (Å²) in [6, 6.07) is 18.7. The quantitative estimate of drug-likeness (QED) is 0.0562. The maximum Gasteiger partial charge on any atom is 0.408 e. The Kier molecular flexibility index (Phi) is 14.8. The van der Waals surface area contributed by atoms with Crippen molar-refractivity contribution in [1.82, 2.24) is 20.4 Å². The molecule has 0 saturated carbocycles. The zero-order chi connectivity index (χ0) is 50.1. The molecule has 1 fully saturated rings. The summed E-state index contributed by atoms with van der Waals surface area (Å²) >= 11 is 1.60. The van der Waals surface area contributed by atoms with Crippen LogP contribution in [-0.4, -0.2) is 124 Å². The number of alkyl carbamates (subject to hydrolysis) is 1. The van der Waals surface area contributed by atoms with Gasteiger partial charge in [0.05, 0.1) is 38.5 Å². The molecule has 0 spiro atoms. The molecule has 4 aromatic carbocycles. The number of carbonyl (C=O) groups excluding carboxylic acids is 2. The summed E-state index contributed by atoms with van der Waals surface area (Å²) in [6.45, 7) is 14.3. The van der Waals surface area contributed by atoms with Crippen LogP contribution in [0.4, 0.5) is 4.79 Å². The summed E-state index contributed by atoms with van der Waals surface area (Å²) in [6.07, 6.45) is 2.02. The van der Waals surface area contributed by atoms with Gasteiger partial charge < -0.3 is 48.5 Å². The zero-order valence-electron chi connectivity index (χ0n) is 41.9. The number of thioether (sulfide) groups is 1. The highest BCUT2D eigenvalue weighted by Gasteiger charge is 2.57. The van der Waals surface area contributed by atoms with Gasteiger partial charge in [0.25, 0.3) is 0 Å². The zero-order valence-corrected chi connectivity index (χ0v) is 42.7. The molecule has 15 nitrogen and oxygen atoms in total. The summed E-state index contributed by atoms with van der Waals surface area (Å²) in [5, 5.41) is 17.6. The molecule has 5 aliphatic rings. The molecule has 2 amide bonds. The van der Waals surface area contributed by atoms with Gasteiger partial charge in [0.1, 0.15) is 30.0 Å². The van der Waals surface area contributed by atoms with Gasteiger partial charge in [-0.25, -0.2) is 4.79 Å². The SMILES string of the molecule is C=CCOc1c(C)c2c(c3c1CC1[C@H]4c5c(cc(C)c(OC)c5OCOCCOC)C[C@@H]([C@H](C#N)N1[C@H]3CNC(=O)[C@@H](CSCC1c3ccccc3-c3ccccc31)NC(=O)OC(C)(C)C)N4C)OCO2. The lowest BCUT2D eigenvalue weighted by Crippen LogP contribution is -2.69. The minimum Gasteiger partial charge on any atom is -0.493 e. The van der Waals surface area contributed by atoms with Gasteiger partial charge in [0.2, 0.25) is 12.7 Å². The number of piperazine rings is 1. The Bertz CT molecular complexity index is 2670. The predicted octanol–water partition coefficient (Wildman–Crippen LogP) is 7.93. The third-order valence-electron chi connectivity index (χ3n) is 14.3. The lowest BCUT2D eigenvalue weighted by atomic mass is 9.71. The molecule has 9 rings (SSSR count). The second kappa shape index (κ2) is 21.0. The Morgan fingerprint density at radius 3 is 2.35 bits per heavy atom. The maximum absolute atomic E-state index is 14.9. The Hall–Kier alpha value is -5.96. The molecule has 4 aromatic rings. The van der Waals surface area contributed by atoms with Gasteiger partial charge in [-0.3, -0.25) is 14.6 Å². The molecule has 4 aliphatic heterocycles. The van der Waals surface area contributed by atoms with Gasteiger partial charge in [0, 0.05) is 65.4 Å². The van der Waals surface area contributed by atoms with Crippen LogP contribution in [0, 0.1) is 25.2 Å². The second-order valence-electron chi connectivity index (χ2n) is 19.7. The standard InChI is InChI=1S/C55H65N5O10S/c1-10-19-66-49-32(3)50-52(69-30-68-50)46-38(49)24-42-47-45-33(22-31(2)48(64-9)51(45)67-29-65-21-20-63-8)23-41(59(47)7)43(25-56)60(42)44(46)26-57-53(61)40(58-54(62)70-55(4,5)6)28-71-27-39-36-17-13-11-15-34(36)35-16-12-14-18-37(35)39/h10-18,22,39-44,47H,1,19-21,23-24,26-30H2,2-9H3,(H,57,61)(H,58,62)/t40-,41+,42?,43+,44+,47+/m1/s1. The fourth-order valence-electron chi connectivity index (χ4n) is 11.5. The van der Waals surface area contributed by atoms with Crippen LogP contribution in [0.25, 0.3) is 11.1 Å². The minimum absolute atomic E-state index is 0.000417. The molecule has 0 aromatic heterocycles. The van der Waals surface area contributed by atoms with E-state index in [9.17, 15) is 14.9 Å². The molecule has 1 unspecified atom stereocenters. The molecule has 376 valence electrons. The van der Waals surface area contributed by atoms with E-state index < -0.39 is 29.8 Å². The van der Waals surface area contributed by atoms with Crippen LogP contribution in [0.2, 0.25) is 0 Å². The summed E-state index contributed by atoms with van der Waals surface area (Å²) < 4.78 is 48.5. The van der Waals surface area contributed by atoms with E-state index >= 15 is 0 Å². The highest BCUT2D eigenvalue weighted by Crippen LogP contribution is 2.58. The number of ether oxygens (including phenoxy) is 8. The van der Waals surface area contributed by atoms with Gasteiger partial charge in [-0.15, -0.1) is 0 Å². The normalized spacial score (nSPS) is 21.1. The first-order chi connectivity index (χ1) is 34.3. The number of fused-ring (bicyclic) bond motifs is 12. The van der Waals surface area contributed by atoms with E-state index in [0.29, 0.717) is 60.6 Å². The van der Waals surface area contributed by atoms with Crippen LogP contribution in [0.3, 0.4) is 0 Å². The number of methoxy groups -OCH3 is 2. The number of nitriles is 1. The Morgan fingerprint density at radius 2 is 1.68 bits per heavy atom. The number of hydrogen-bond acceptors (Lipinski definition) is 14. The third kappa shape index (κ3) is 9.50. The number of amides is 2. The molecular weight excluding hydrogens is 923 g/mol. The van der Waals surface area contributed by atoms with Crippen molar-refractivity contribution in [3.05, 3.63) is 112 Å². The molecule has 6 atom stereocenters. The van der Waals surface area contributed by atoms with Gasteiger partial charge in [-0.05, 0) is 87.9 Å². The van der Waals surface area contributed by atoms with E-state index in [1.165, 1.54) is 22.3 Å². The summed E-state index contributed by atoms with van der Waals surface area (Å²) in [5.41, 5.74) is 9.53. The van der Waals surface area contributed by atoms with E-state index in [1.807, 2.05) is 13.8 Å². The third-order valence-corrected chi connectivity index (χ3v) is 15.5. The molecule has 2 bridgehead atoms. The van der Waals surface area contributed by atoms with Crippen molar-refractivity contribution in [3.8, 4) is 45.9 Å². The number of benzene rings is 4. The molecular formula is C55H65N5O10S. The van der Waals surface area contributed by atoms with Gasteiger partial charge in [-0.2, -0.15) is 17.0 Å². The van der Waals surface area contributed by atoms with Crippen molar-refractivity contribution < 1.29 is 47.5 Å². The van der Waals surface area contributed by atoms with Crippen molar-refractivity contribution >= 4 is 23.8 Å². The van der Waals surface area contributed by atoms with Crippen molar-refractivity contribution in [1.29, 1.82) is 5.26 Å². The number of nitrogens with one attached hydrogen (secondary N) is 2. The average Bonchev–Trinajstić information content (AvgIpc) is 3.96. The largest absolute Gasteiger partial charge is 0.493 e. The molecule has 16 heteroatoms. The molecule has 2 N–H and O–H groups in total. The summed E-state index contributed by atoms with van der Waals surface area (Å²) in [7, 11) is 5.34. The topological polar surface area (TPSA) is 162 Å². The van der Waals surface area contributed by atoms with E-state index in [1.54, 1.807) is 52.8 Å². The van der Waals surface area contributed by atoms with Crippen molar-refractivity contribution in [3.63, 3.8) is 0 Å². The number of rotatable bonds is 18. The predicted molar refractivity (Wildman–Crippen MR) is 271 cm³/mol. The van der Waals surface area contributed by atoms with Gasteiger partial charge in [-0.1, -0.05) is 67.3 Å². The van der Waals surface area contributed by atoms with Crippen molar-refractivity contribution in [2.75, 3.05) is 72.7 Å². The molecule has 4 heterocycles. The first-order valence-electron chi connectivity index (χ1n) is 24.3. The monoisotopic (exact) mass is 987 g/mol. The first kappa shape index (κ1) is 50.0. The lowest BCUT2D eigenvalue weighted by Gasteiger charge is -2.60. The first-order valence-corrected chi connectivity index (χ1v) is 25.5. The highest BCUT2D eigenvalue weighted by atomic mass is 32.2. The lowest BCUT2D eigenvalue weighted by molar-refractivity contribution is -0.123. The van der Waals surface area contributed by atoms with Crippen LogP contribution >= 0.6 is 11.8 Å². The smallest absolute Gasteiger partial charge is 0.408 e. The Morgan fingerprint density at radius 1 is 0.958 bits per heavy atom. The second-order valence-corrected chi connectivity index (χ2v) is 20.8. The van der Waals surface area contributed by atoms with Crippen LogP contribution in [0.5, 0.6) is 28.7 Å². The molecule has 1 aliphatic carbocycles. The van der Waals surface area contributed by atoms with Crippen LogP contribution in [0.1, 0.15) is 83.3 Å². The van der Waals surface area contributed by atoms with Crippen molar-refractivity contribution in [2.45, 2.75) is 95.2 Å². The van der Waals surface area contributed by atoms with Crippen LogP contribution in [-0.2, 0) is 31.8 Å². The molecule has 1 saturated heterocycles.